The Hall–Kier alpha value is -2.90. The Morgan fingerprint density at radius 3 is 2.57 bits per heavy atom. The molecule has 182 valence electrons. The number of ether oxygens (including phenoxy) is 2. The van der Waals surface area contributed by atoms with Crippen LogP contribution < -0.4 is 15.2 Å². The molecule has 0 amide bonds. The zero-order chi connectivity index (χ0) is 24.9. The molecule has 0 saturated carbocycles. The summed E-state index contributed by atoms with van der Waals surface area (Å²) in [5.41, 5.74) is 11.6. The number of nitrogens with two attached hydrogens (primary N) is 1. The minimum Gasteiger partial charge on any atom is -0.493 e. The molecule has 1 aliphatic carbocycles. The third kappa shape index (κ3) is 4.10. The lowest BCUT2D eigenvalue weighted by Gasteiger charge is -2.35. The summed E-state index contributed by atoms with van der Waals surface area (Å²) in [6.45, 7) is 6.95. The summed E-state index contributed by atoms with van der Waals surface area (Å²) in [7, 11) is 3.14. The number of rotatable bonds is 5. The fourth-order valence-electron chi connectivity index (χ4n) is 5.03. The van der Waals surface area contributed by atoms with Crippen molar-refractivity contribution in [3.63, 3.8) is 0 Å². The second-order valence-corrected chi connectivity index (χ2v) is 12.1. The molecule has 5 rings (SSSR count). The Morgan fingerprint density at radius 2 is 1.91 bits per heavy atom. The number of methoxy groups -OCH3 is 2. The van der Waals surface area contributed by atoms with Crippen LogP contribution in [-0.2, 0) is 12.8 Å². The maximum atomic E-state index is 13.6. The molecule has 4 aromatic rings. The molecule has 2 N–H and O–H groups in total. The predicted octanol–water partition coefficient (Wildman–Crippen LogP) is 7.01. The quantitative estimate of drug-likeness (QED) is 0.295. The van der Waals surface area contributed by atoms with Gasteiger partial charge in [0.1, 0.15) is 9.71 Å². The van der Waals surface area contributed by atoms with Gasteiger partial charge in [0.15, 0.2) is 11.5 Å². The Morgan fingerprint density at radius 1 is 1.14 bits per heavy atom. The Labute approximate surface area is 213 Å². The van der Waals surface area contributed by atoms with Crippen LogP contribution in [0, 0.1) is 11.3 Å². The lowest BCUT2D eigenvalue weighted by atomic mass is 9.70. The van der Waals surface area contributed by atoms with Gasteiger partial charge in [-0.25, -0.2) is 4.98 Å². The molecule has 0 bridgehead atoms. The van der Waals surface area contributed by atoms with E-state index >= 15 is 0 Å². The minimum absolute atomic E-state index is 0.130. The second kappa shape index (κ2) is 8.95. The Kier molecular flexibility index (Phi) is 6.09. The van der Waals surface area contributed by atoms with Crippen LogP contribution in [0.2, 0.25) is 0 Å². The number of fused-ring (bicyclic) bond motifs is 2. The SMILES string of the molecule is COc1ccc(C(=O)c2sc3nc4c(c(-c5cccs5)c3c2N)C[C@H](C(C)(C)C)CC4)cc1OC. The first kappa shape index (κ1) is 23.8. The van der Waals surface area contributed by atoms with Crippen molar-refractivity contribution in [2.45, 2.75) is 40.0 Å². The lowest BCUT2D eigenvalue weighted by molar-refractivity contribution is 0.104. The highest BCUT2D eigenvalue weighted by molar-refractivity contribution is 7.21. The third-order valence-electron chi connectivity index (χ3n) is 7.09. The number of pyridine rings is 1. The number of thiophene rings is 2. The molecular formula is C28H30N2O3S2. The molecule has 3 aromatic heterocycles. The fourth-order valence-corrected chi connectivity index (χ4v) is 6.92. The molecule has 35 heavy (non-hydrogen) atoms. The summed E-state index contributed by atoms with van der Waals surface area (Å²) in [5.74, 6) is 1.53. The average Bonchev–Trinajstić information content (AvgIpc) is 3.49. The maximum absolute atomic E-state index is 13.6. The number of hydrogen-bond donors (Lipinski definition) is 1. The number of nitrogens with zero attached hydrogens (tertiary/aromatic N) is 1. The maximum Gasteiger partial charge on any atom is 0.205 e. The lowest BCUT2D eigenvalue weighted by Crippen LogP contribution is -2.27. The third-order valence-corrected chi connectivity index (χ3v) is 9.07. The van der Waals surface area contributed by atoms with Gasteiger partial charge in [0.25, 0.3) is 0 Å². The molecule has 0 fully saturated rings. The number of carbonyl (C=O) groups is 1. The largest absolute Gasteiger partial charge is 0.493 e. The summed E-state index contributed by atoms with van der Waals surface area (Å²) in [4.78, 5) is 21.2. The van der Waals surface area contributed by atoms with E-state index in [1.54, 1.807) is 43.8 Å². The van der Waals surface area contributed by atoms with E-state index in [1.165, 1.54) is 21.8 Å². The summed E-state index contributed by atoms with van der Waals surface area (Å²) >= 11 is 3.10. The zero-order valence-corrected chi connectivity index (χ0v) is 22.4. The van der Waals surface area contributed by atoms with Crippen LogP contribution in [0.3, 0.4) is 0 Å². The standard InChI is InChI=1S/C28H30N2O3S2/c1-28(2,3)16-9-10-18-17(14-16)22(21-7-6-12-34-21)23-24(29)26(35-27(23)30-18)25(31)15-8-11-19(32-4)20(13-15)33-5/h6-8,11-13,16H,9-10,14,29H2,1-5H3/t16-/m1/s1. The van der Waals surface area contributed by atoms with Crippen LogP contribution in [0.4, 0.5) is 5.69 Å². The van der Waals surface area contributed by atoms with Gasteiger partial charge < -0.3 is 15.2 Å². The summed E-state index contributed by atoms with van der Waals surface area (Å²) in [5, 5.41) is 3.01. The van der Waals surface area contributed by atoms with Gasteiger partial charge in [-0.2, -0.15) is 0 Å². The second-order valence-electron chi connectivity index (χ2n) is 10.1. The van der Waals surface area contributed by atoms with Crippen molar-refractivity contribution in [3.8, 4) is 21.9 Å². The van der Waals surface area contributed by atoms with Crippen LogP contribution >= 0.6 is 22.7 Å². The Bertz CT molecular complexity index is 1410. The van der Waals surface area contributed by atoms with Crippen molar-refractivity contribution in [2.75, 3.05) is 20.0 Å². The molecule has 5 nitrogen and oxygen atoms in total. The van der Waals surface area contributed by atoms with Crippen LogP contribution in [-0.4, -0.2) is 25.0 Å². The first-order chi connectivity index (χ1) is 16.7. The molecule has 0 unspecified atom stereocenters. The zero-order valence-electron chi connectivity index (χ0n) is 20.7. The molecule has 1 atom stereocenters. The van der Waals surface area contributed by atoms with Gasteiger partial charge in [-0.1, -0.05) is 26.8 Å². The molecule has 7 heteroatoms. The van der Waals surface area contributed by atoms with Gasteiger partial charge in [-0.3, -0.25) is 4.79 Å². The number of benzene rings is 1. The number of ketones is 1. The molecule has 0 saturated heterocycles. The van der Waals surface area contributed by atoms with Crippen LogP contribution in [0.5, 0.6) is 11.5 Å². The van der Waals surface area contributed by atoms with Crippen LogP contribution in [0.25, 0.3) is 20.7 Å². The Balaban J connectivity index is 1.69. The summed E-state index contributed by atoms with van der Waals surface area (Å²) < 4.78 is 10.7. The first-order valence-corrected chi connectivity index (χ1v) is 13.5. The predicted molar refractivity (Wildman–Crippen MR) is 145 cm³/mol. The average molecular weight is 507 g/mol. The smallest absolute Gasteiger partial charge is 0.205 e. The number of aromatic nitrogens is 1. The van der Waals surface area contributed by atoms with E-state index in [-0.39, 0.29) is 11.2 Å². The molecule has 3 heterocycles. The monoisotopic (exact) mass is 506 g/mol. The number of aryl methyl sites for hydroxylation is 1. The normalized spacial score (nSPS) is 15.7. The molecule has 1 aliphatic rings. The van der Waals surface area contributed by atoms with Gasteiger partial charge in [0, 0.05) is 27.1 Å². The molecule has 0 radical (unpaired) electrons. The van der Waals surface area contributed by atoms with Gasteiger partial charge in [-0.05, 0) is 65.8 Å². The summed E-state index contributed by atoms with van der Waals surface area (Å²) in [6.07, 6.45) is 3.04. The van der Waals surface area contributed by atoms with Crippen molar-refractivity contribution >= 4 is 44.4 Å². The van der Waals surface area contributed by atoms with Crippen molar-refractivity contribution in [2.24, 2.45) is 11.3 Å². The van der Waals surface area contributed by atoms with E-state index in [9.17, 15) is 4.79 Å². The number of hydrogen-bond acceptors (Lipinski definition) is 7. The van der Waals surface area contributed by atoms with E-state index in [1.807, 2.05) is 0 Å². The van der Waals surface area contributed by atoms with Gasteiger partial charge in [0.05, 0.1) is 19.9 Å². The highest BCUT2D eigenvalue weighted by atomic mass is 32.1. The number of nitrogen functional groups attached to an aromatic ring is 1. The highest BCUT2D eigenvalue weighted by Crippen LogP contribution is 2.48. The van der Waals surface area contributed by atoms with Gasteiger partial charge in [-0.15, -0.1) is 22.7 Å². The topological polar surface area (TPSA) is 74.4 Å². The van der Waals surface area contributed by atoms with Gasteiger partial charge >= 0.3 is 0 Å². The van der Waals surface area contributed by atoms with E-state index < -0.39 is 0 Å². The van der Waals surface area contributed by atoms with Crippen LogP contribution in [0.15, 0.2) is 35.7 Å². The van der Waals surface area contributed by atoms with Crippen molar-refractivity contribution in [3.05, 3.63) is 57.4 Å². The highest BCUT2D eigenvalue weighted by Gasteiger charge is 2.33. The first-order valence-electron chi connectivity index (χ1n) is 11.8. The van der Waals surface area contributed by atoms with Crippen LogP contribution in [0.1, 0.15) is 53.7 Å². The number of carbonyl (C=O) groups excluding carboxylic acids is 1. The molecule has 0 aliphatic heterocycles. The van der Waals surface area contributed by atoms with E-state index in [0.29, 0.717) is 33.5 Å². The van der Waals surface area contributed by atoms with Crippen molar-refractivity contribution < 1.29 is 14.3 Å². The van der Waals surface area contributed by atoms with Crippen molar-refractivity contribution in [1.82, 2.24) is 4.98 Å². The van der Waals surface area contributed by atoms with E-state index in [0.717, 1.165) is 40.7 Å². The molecular weight excluding hydrogens is 476 g/mol. The van der Waals surface area contributed by atoms with Crippen molar-refractivity contribution in [1.29, 1.82) is 0 Å². The van der Waals surface area contributed by atoms with E-state index in [4.69, 9.17) is 20.2 Å². The fraction of sp³-hybridized carbons (Fsp3) is 0.357. The minimum atomic E-state index is -0.130. The van der Waals surface area contributed by atoms with Gasteiger partial charge in [0.2, 0.25) is 5.78 Å². The molecule has 0 spiro atoms. The molecule has 1 aromatic carbocycles. The number of anilines is 1. The van der Waals surface area contributed by atoms with E-state index in [2.05, 4.69) is 38.3 Å². The summed E-state index contributed by atoms with van der Waals surface area (Å²) in [6, 6.07) is 9.42.